The molecule has 0 unspecified atom stereocenters. The van der Waals surface area contributed by atoms with Crippen molar-refractivity contribution in [2.24, 2.45) is 5.41 Å². The molecule has 0 saturated carbocycles. The fraction of sp³-hybridized carbons (Fsp3) is 0.450. The first-order chi connectivity index (χ1) is 11.7. The fourth-order valence-corrected chi connectivity index (χ4v) is 5.21. The highest BCUT2D eigenvalue weighted by Crippen LogP contribution is 2.50. The molecule has 4 heteroatoms. The third-order valence-electron chi connectivity index (χ3n) is 5.81. The van der Waals surface area contributed by atoms with Crippen LogP contribution < -0.4 is 0 Å². The number of carbonyl (C=O) groups excluding carboxylic acids is 1. The van der Waals surface area contributed by atoms with Gasteiger partial charge in [-0.25, -0.2) is 0 Å². The number of rotatable bonds is 3. The zero-order chi connectivity index (χ0) is 16.6. The zero-order valence-electron chi connectivity index (χ0n) is 14.1. The van der Waals surface area contributed by atoms with Crippen LogP contribution in [0.3, 0.4) is 0 Å². The van der Waals surface area contributed by atoms with E-state index in [9.17, 15) is 4.79 Å². The number of thiophene rings is 1. The van der Waals surface area contributed by atoms with Crippen molar-refractivity contribution in [3.8, 4) is 0 Å². The Morgan fingerprint density at radius 3 is 2.54 bits per heavy atom. The van der Waals surface area contributed by atoms with Crippen LogP contribution in [0.4, 0.5) is 0 Å². The molecule has 0 radical (unpaired) electrons. The Morgan fingerprint density at radius 2 is 1.88 bits per heavy atom. The highest BCUT2D eigenvalue weighted by atomic mass is 32.1. The molecule has 2 aliphatic rings. The maximum atomic E-state index is 13.0. The molecule has 1 spiro atoms. The molecule has 1 aromatic heterocycles. The average Bonchev–Trinajstić information content (AvgIpc) is 3.21. The van der Waals surface area contributed by atoms with E-state index >= 15 is 0 Å². The number of likely N-dealkylation sites (N-methyl/N-ethyl adjacent to an activating group) is 1. The highest BCUT2D eigenvalue weighted by molar-refractivity contribution is 7.09. The number of carbonyl (C=O) groups is 1. The van der Waals surface area contributed by atoms with Gasteiger partial charge in [-0.1, -0.05) is 36.4 Å². The first-order valence-electron chi connectivity index (χ1n) is 8.74. The van der Waals surface area contributed by atoms with Gasteiger partial charge in [-0.3, -0.25) is 9.69 Å². The van der Waals surface area contributed by atoms with E-state index in [1.807, 2.05) is 23.3 Å². The van der Waals surface area contributed by atoms with Crippen LogP contribution in [0.1, 0.15) is 29.2 Å². The van der Waals surface area contributed by atoms with Gasteiger partial charge in [-0.15, -0.1) is 11.3 Å². The normalized spacial score (nSPS) is 24.0. The number of likely N-dealkylation sites (tertiary alicyclic amines) is 2. The number of amides is 1. The predicted octanol–water partition coefficient (Wildman–Crippen LogP) is 3.59. The number of hydrogen-bond donors (Lipinski definition) is 0. The molecule has 3 heterocycles. The van der Waals surface area contributed by atoms with Crippen LogP contribution >= 0.6 is 11.3 Å². The van der Waals surface area contributed by atoms with Gasteiger partial charge in [0.15, 0.2) is 0 Å². The number of hydrogen-bond acceptors (Lipinski definition) is 3. The monoisotopic (exact) mass is 340 g/mol. The van der Waals surface area contributed by atoms with Crippen molar-refractivity contribution in [1.29, 1.82) is 0 Å². The lowest BCUT2D eigenvalue weighted by molar-refractivity contribution is -0.137. The number of nitrogens with zero attached hydrogens (tertiary/aromatic N) is 2. The molecule has 1 atom stereocenters. The summed E-state index contributed by atoms with van der Waals surface area (Å²) in [6, 6.07) is 15.0. The predicted molar refractivity (Wildman–Crippen MR) is 98.1 cm³/mol. The molecule has 126 valence electrons. The van der Waals surface area contributed by atoms with Gasteiger partial charge >= 0.3 is 0 Å². The molecule has 4 rings (SSSR count). The van der Waals surface area contributed by atoms with Crippen LogP contribution in [0.25, 0.3) is 0 Å². The quantitative estimate of drug-likeness (QED) is 0.852. The van der Waals surface area contributed by atoms with E-state index in [-0.39, 0.29) is 5.41 Å². The molecule has 0 bridgehead atoms. The van der Waals surface area contributed by atoms with E-state index in [2.05, 4.69) is 52.7 Å². The van der Waals surface area contributed by atoms with Crippen molar-refractivity contribution in [2.75, 3.05) is 26.7 Å². The standard InChI is InChI=1S/C20H24N2OS/c1-21-15-18(16-6-3-2-4-7-16)20(19(21)23)9-11-22(12-10-20)14-17-8-5-13-24-17/h2-8,13,18H,9-12,14-15H2,1H3/t18-/m1/s1. The first kappa shape index (κ1) is 15.9. The van der Waals surface area contributed by atoms with Crippen molar-refractivity contribution in [1.82, 2.24) is 9.80 Å². The topological polar surface area (TPSA) is 23.6 Å². The summed E-state index contributed by atoms with van der Waals surface area (Å²) in [5.41, 5.74) is 1.13. The second-order valence-electron chi connectivity index (χ2n) is 7.16. The average molecular weight is 340 g/mol. The highest BCUT2D eigenvalue weighted by Gasteiger charge is 2.54. The molecule has 24 heavy (non-hydrogen) atoms. The van der Waals surface area contributed by atoms with Crippen LogP contribution in [-0.4, -0.2) is 42.4 Å². The summed E-state index contributed by atoms with van der Waals surface area (Å²) in [4.78, 5) is 18.9. The van der Waals surface area contributed by atoms with Gasteiger partial charge in [0.2, 0.25) is 5.91 Å². The Bertz CT molecular complexity index is 690. The molecule has 1 aromatic carbocycles. The molecule has 0 N–H and O–H groups in total. The zero-order valence-corrected chi connectivity index (χ0v) is 15.0. The van der Waals surface area contributed by atoms with Crippen molar-refractivity contribution in [2.45, 2.75) is 25.3 Å². The van der Waals surface area contributed by atoms with Crippen LogP contribution in [0, 0.1) is 5.41 Å². The van der Waals surface area contributed by atoms with E-state index < -0.39 is 0 Å². The molecular formula is C20H24N2OS. The smallest absolute Gasteiger partial charge is 0.229 e. The van der Waals surface area contributed by atoms with E-state index in [1.54, 1.807) is 0 Å². The largest absolute Gasteiger partial charge is 0.345 e. The Labute approximate surface area is 147 Å². The van der Waals surface area contributed by atoms with Gasteiger partial charge < -0.3 is 4.90 Å². The summed E-state index contributed by atoms with van der Waals surface area (Å²) in [5.74, 6) is 0.687. The Balaban J connectivity index is 1.53. The Morgan fingerprint density at radius 1 is 1.12 bits per heavy atom. The Hall–Kier alpha value is -1.65. The second-order valence-corrected chi connectivity index (χ2v) is 8.19. The summed E-state index contributed by atoms with van der Waals surface area (Å²) in [7, 11) is 1.96. The molecule has 0 aliphatic carbocycles. The SMILES string of the molecule is CN1C[C@H](c2ccccc2)C2(CCN(Cc3cccs3)CC2)C1=O. The number of piperidine rings is 1. The van der Waals surface area contributed by atoms with Gasteiger partial charge in [-0.2, -0.15) is 0 Å². The lowest BCUT2D eigenvalue weighted by Crippen LogP contribution is -2.45. The van der Waals surface area contributed by atoms with Crippen molar-refractivity contribution < 1.29 is 4.79 Å². The third kappa shape index (κ3) is 2.68. The summed E-state index contributed by atoms with van der Waals surface area (Å²) in [5, 5.41) is 2.14. The number of benzene rings is 1. The fourth-order valence-electron chi connectivity index (χ4n) is 4.47. The lowest BCUT2D eigenvalue weighted by Gasteiger charge is -2.41. The molecule has 2 fully saturated rings. The van der Waals surface area contributed by atoms with E-state index in [4.69, 9.17) is 0 Å². The third-order valence-corrected chi connectivity index (χ3v) is 6.67. The minimum Gasteiger partial charge on any atom is -0.345 e. The second kappa shape index (κ2) is 6.34. The first-order valence-corrected chi connectivity index (χ1v) is 9.62. The van der Waals surface area contributed by atoms with Gasteiger partial charge in [0.1, 0.15) is 0 Å². The summed E-state index contributed by atoms with van der Waals surface area (Å²) in [6.07, 6.45) is 1.95. The van der Waals surface area contributed by atoms with Gasteiger partial charge in [0, 0.05) is 30.9 Å². The van der Waals surface area contributed by atoms with E-state index in [0.717, 1.165) is 39.0 Å². The van der Waals surface area contributed by atoms with Crippen LogP contribution in [-0.2, 0) is 11.3 Å². The summed E-state index contributed by atoms with van der Waals surface area (Å²) >= 11 is 1.82. The van der Waals surface area contributed by atoms with E-state index in [1.165, 1.54) is 10.4 Å². The molecule has 1 amide bonds. The van der Waals surface area contributed by atoms with Gasteiger partial charge in [0.25, 0.3) is 0 Å². The van der Waals surface area contributed by atoms with Crippen molar-refractivity contribution in [3.05, 3.63) is 58.3 Å². The maximum Gasteiger partial charge on any atom is 0.229 e. The van der Waals surface area contributed by atoms with Crippen LogP contribution in [0.2, 0.25) is 0 Å². The van der Waals surface area contributed by atoms with E-state index in [0.29, 0.717) is 11.8 Å². The van der Waals surface area contributed by atoms with Crippen LogP contribution in [0.15, 0.2) is 47.8 Å². The minimum atomic E-state index is -0.192. The van der Waals surface area contributed by atoms with Gasteiger partial charge in [-0.05, 0) is 42.9 Å². The van der Waals surface area contributed by atoms with Gasteiger partial charge in [0.05, 0.1) is 5.41 Å². The maximum absolute atomic E-state index is 13.0. The van der Waals surface area contributed by atoms with Crippen molar-refractivity contribution in [3.63, 3.8) is 0 Å². The minimum absolute atomic E-state index is 0.192. The van der Waals surface area contributed by atoms with Crippen LogP contribution in [0.5, 0.6) is 0 Å². The molecule has 3 nitrogen and oxygen atoms in total. The summed E-state index contributed by atoms with van der Waals surface area (Å²) in [6.45, 7) is 3.91. The van der Waals surface area contributed by atoms with Crippen molar-refractivity contribution >= 4 is 17.2 Å². The Kier molecular flexibility index (Phi) is 4.19. The lowest BCUT2D eigenvalue weighted by atomic mass is 9.68. The molecule has 2 aliphatic heterocycles. The molecule has 2 aromatic rings. The molecular weight excluding hydrogens is 316 g/mol. The summed E-state index contributed by atoms with van der Waals surface area (Å²) < 4.78 is 0. The molecule has 2 saturated heterocycles.